The van der Waals surface area contributed by atoms with Crippen molar-refractivity contribution in [2.24, 2.45) is 0 Å². The molecule has 0 bridgehead atoms. The van der Waals surface area contributed by atoms with E-state index in [0.717, 1.165) is 18.2 Å². The lowest BCUT2D eigenvalue weighted by Gasteiger charge is -2.29. The van der Waals surface area contributed by atoms with Gasteiger partial charge in [0.25, 0.3) is 5.79 Å². The van der Waals surface area contributed by atoms with Gasteiger partial charge in [-0.15, -0.1) is 13.2 Å². The number of carbonyl (C=O) groups excluding carboxylic acids is 2. The molecule has 0 atom stereocenters. The molecule has 9 heteroatoms. The molecule has 1 heterocycles. The second-order valence-corrected chi connectivity index (χ2v) is 5.19. The smallest absolute Gasteiger partial charge is 0.496 e. The lowest BCUT2D eigenvalue weighted by Crippen LogP contribution is -2.41. The van der Waals surface area contributed by atoms with E-state index in [1.165, 1.54) is 27.0 Å². The molecule has 0 aliphatic carbocycles. The van der Waals surface area contributed by atoms with E-state index in [0.29, 0.717) is 0 Å². The number of cyclic esters (lactones) is 2. The van der Waals surface area contributed by atoms with Gasteiger partial charge in [-0.3, -0.25) is 0 Å². The molecule has 1 saturated heterocycles. The number of benzene rings is 1. The Kier molecular flexibility index (Phi) is 4.46. The van der Waals surface area contributed by atoms with Crippen LogP contribution in [0.3, 0.4) is 0 Å². The van der Waals surface area contributed by atoms with Gasteiger partial charge in [0.2, 0.25) is 0 Å². The van der Waals surface area contributed by atoms with Crippen LogP contribution in [0.1, 0.15) is 19.4 Å². The number of hydrogen-bond donors (Lipinski definition) is 0. The zero-order valence-corrected chi connectivity index (χ0v) is 12.9. The van der Waals surface area contributed by atoms with Crippen molar-refractivity contribution in [3.63, 3.8) is 0 Å². The molecule has 1 aromatic rings. The third-order valence-electron chi connectivity index (χ3n) is 2.86. The molecule has 1 aliphatic heterocycles. The maximum atomic E-state index is 12.2. The quantitative estimate of drug-likeness (QED) is 0.476. The summed E-state index contributed by atoms with van der Waals surface area (Å²) in [4.78, 5) is 23.7. The summed E-state index contributed by atoms with van der Waals surface area (Å²) in [5, 5.41) is 0. The standard InChI is InChI=1S/C15H13F3O6/c1-14(2)23-12(19)10(13(20)24-14)6-8-4-5-9(7-11(8)21-3)22-15(16,17)18/h4-7H,1-3H3. The van der Waals surface area contributed by atoms with E-state index >= 15 is 0 Å². The first kappa shape index (κ1) is 17.6. The molecule has 130 valence electrons. The second-order valence-electron chi connectivity index (χ2n) is 5.19. The maximum absolute atomic E-state index is 12.2. The molecular weight excluding hydrogens is 333 g/mol. The van der Waals surface area contributed by atoms with Crippen LogP contribution in [0.25, 0.3) is 6.08 Å². The van der Waals surface area contributed by atoms with Crippen molar-refractivity contribution in [1.82, 2.24) is 0 Å². The lowest BCUT2D eigenvalue weighted by atomic mass is 10.1. The molecule has 0 radical (unpaired) electrons. The number of rotatable bonds is 3. The second kappa shape index (κ2) is 6.06. The summed E-state index contributed by atoms with van der Waals surface area (Å²) in [7, 11) is 1.22. The van der Waals surface area contributed by atoms with Crippen molar-refractivity contribution in [1.29, 1.82) is 0 Å². The summed E-state index contributed by atoms with van der Waals surface area (Å²) in [5.74, 6) is -3.74. The molecule has 24 heavy (non-hydrogen) atoms. The fourth-order valence-corrected chi connectivity index (χ4v) is 1.94. The van der Waals surface area contributed by atoms with E-state index in [1.807, 2.05) is 0 Å². The number of hydrogen-bond acceptors (Lipinski definition) is 6. The molecule has 1 fully saturated rings. The highest BCUT2D eigenvalue weighted by molar-refractivity contribution is 6.19. The van der Waals surface area contributed by atoms with Gasteiger partial charge in [-0.05, 0) is 18.2 Å². The van der Waals surface area contributed by atoms with Gasteiger partial charge in [0.15, 0.2) is 0 Å². The van der Waals surface area contributed by atoms with Crippen molar-refractivity contribution in [3.8, 4) is 11.5 Å². The molecular formula is C15H13F3O6. The van der Waals surface area contributed by atoms with Crippen LogP contribution in [-0.2, 0) is 19.1 Å². The third-order valence-corrected chi connectivity index (χ3v) is 2.86. The molecule has 6 nitrogen and oxygen atoms in total. The minimum Gasteiger partial charge on any atom is -0.496 e. The highest BCUT2D eigenvalue weighted by Crippen LogP contribution is 2.31. The Bertz CT molecular complexity index is 684. The topological polar surface area (TPSA) is 71.1 Å². The SMILES string of the molecule is COc1cc(OC(F)(F)F)ccc1C=C1C(=O)OC(C)(C)OC1=O. The largest absolute Gasteiger partial charge is 0.573 e. The predicted octanol–water partition coefficient (Wildman–Crippen LogP) is 2.81. The normalized spacial score (nSPS) is 17.0. The number of alkyl halides is 3. The Balaban J connectivity index is 2.35. The van der Waals surface area contributed by atoms with Gasteiger partial charge in [-0.25, -0.2) is 9.59 Å². The van der Waals surface area contributed by atoms with Crippen molar-refractivity contribution >= 4 is 18.0 Å². The van der Waals surface area contributed by atoms with Crippen molar-refractivity contribution < 1.29 is 41.7 Å². The Hall–Kier alpha value is -2.71. The number of halogens is 3. The summed E-state index contributed by atoms with van der Waals surface area (Å²) in [5.41, 5.74) is -0.229. The Morgan fingerprint density at radius 3 is 2.21 bits per heavy atom. The van der Waals surface area contributed by atoms with Crippen LogP contribution in [0.15, 0.2) is 23.8 Å². The van der Waals surface area contributed by atoms with Crippen LogP contribution in [0, 0.1) is 0 Å². The molecule has 1 aromatic carbocycles. The highest BCUT2D eigenvalue weighted by Gasteiger charge is 2.39. The Morgan fingerprint density at radius 1 is 1.12 bits per heavy atom. The molecule has 0 spiro atoms. The molecule has 2 rings (SSSR count). The van der Waals surface area contributed by atoms with Crippen molar-refractivity contribution in [2.75, 3.05) is 7.11 Å². The van der Waals surface area contributed by atoms with Gasteiger partial charge in [0.1, 0.15) is 17.1 Å². The van der Waals surface area contributed by atoms with Crippen LogP contribution in [0.2, 0.25) is 0 Å². The van der Waals surface area contributed by atoms with Gasteiger partial charge in [-0.2, -0.15) is 0 Å². The van der Waals surface area contributed by atoms with Crippen molar-refractivity contribution in [3.05, 3.63) is 29.3 Å². The van der Waals surface area contributed by atoms with Crippen molar-refractivity contribution in [2.45, 2.75) is 26.0 Å². The third kappa shape index (κ3) is 4.18. The zero-order chi connectivity index (χ0) is 18.1. The van der Waals surface area contributed by atoms with Crippen LogP contribution in [0.4, 0.5) is 13.2 Å². The van der Waals surface area contributed by atoms with Gasteiger partial charge < -0.3 is 18.9 Å². The van der Waals surface area contributed by atoms with E-state index in [4.69, 9.17) is 14.2 Å². The van der Waals surface area contributed by atoms with E-state index < -0.39 is 35.4 Å². The van der Waals surface area contributed by atoms with E-state index in [1.54, 1.807) is 0 Å². The maximum Gasteiger partial charge on any atom is 0.573 e. The number of esters is 2. The van der Waals surface area contributed by atoms with Gasteiger partial charge in [0.05, 0.1) is 7.11 Å². The first-order valence-corrected chi connectivity index (χ1v) is 6.63. The minimum atomic E-state index is -4.85. The molecule has 0 N–H and O–H groups in total. The Labute approximate surface area is 134 Å². The predicted molar refractivity (Wildman–Crippen MR) is 73.9 cm³/mol. The number of methoxy groups -OCH3 is 1. The summed E-state index contributed by atoms with van der Waals surface area (Å²) < 4.78 is 55.3. The zero-order valence-electron chi connectivity index (χ0n) is 12.9. The molecule has 0 unspecified atom stereocenters. The van der Waals surface area contributed by atoms with Gasteiger partial charge in [-0.1, -0.05) is 0 Å². The molecule has 0 aromatic heterocycles. The summed E-state index contributed by atoms with van der Waals surface area (Å²) in [6, 6.07) is 3.20. The lowest BCUT2D eigenvalue weighted by molar-refractivity contribution is -0.274. The number of carbonyl (C=O) groups is 2. The van der Waals surface area contributed by atoms with Gasteiger partial charge in [0, 0.05) is 25.5 Å². The van der Waals surface area contributed by atoms with E-state index in [-0.39, 0.29) is 11.3 Å². The fraction of sp³-hybridized carbons (Fsp3) is 0.333. The minimum absolute atomic E-state index is 0.0327. The first-order chi connectivity index (χ1) is 11.0. The first-order valence-electron chi connectivity index (χ1n) is 6.63. The van der Waals surface area contributed by atoms with Crippen LogP contribution in [-0.4, -0.2) is 31.2 Å². The van der Waals surface area contributed by atoms with Gasteiger partial charge >= 0.3 is 18.3 Å². The monoisotopic (exact) mass is 346 g/mol. The Morgan fingerprint density at radius 2 is 1.71 bits per heavy atom. The average Bonchev–Trinajstić information content (AvgIpc) is 2.41. The molecule has 0 saturated carbocycles. The summed E-state index contributed by atoms with van der Waals surface area (Å²) in [6.45, 7) is 2.78. The fourth-order valence-electron chi connectivity index (χ4n) is 1.94. The average molecular weight is 346 g/mol. The molecule has 0 amide bonds. The van der Waals surface area contributed by atoms with Crippen LogP contribution < -0.4 is 9.47 Å². The van der Waals surface area contributed by atoms with Crippen LogP contribution in [0.5, 0.6) is 11.5 Å². The van der Waals surface area contributed by atoms with Crippen LogP contribution >= 0.6 is 0 Å². The number of ether oxygens (including phenoxy) is 4. The van der Waals surface area contributed by atoms with E-state index in [9.17, 15) is 22.8 Å². The molecule has 1 aliphatic rings. The summed E-state index contributed by atoms with van der Waals surface area (Å²) in [6.07, 6.45) is -3.75. The summed E-state index contributed by atoms with van der Waals surface area (Å²) >= 11 is 0. The van der Waals surface area contributed by atoms with E-state index in [2.05, 4.69) is 4.74 Å². The highest BCUT2D eigenvalue weighted by atomic mass is 19.4.